The van der Waals surface area contributed by atoms with Crippen LogP contribution in [0.5, 0.6) is 0 Å². The molecule has 0 aliphatic carbocycles. The molecular formula is C22H28N8O. The summed E-state index contributed by atoms with van der Waals surface area (Å²) in [5, 5.41) is 4.09. The average Bonchev–Trinajstić information content (AvgIpc) is 3.26. The fraction of sp³-hybridized carbons (Fsp3) is 0.500. The Morgan fingerprint density at radius 1 is 0.968 bits per heavy atom. The molecule has 0 radical (unpaired) electrons. The fourth-order valence-electron chi connectivity index (χ4n) is 4.37. The molecule has 0 amide bonds. The minimum Gasteiger partial charge on any atom is -0.356 e. The number of nitrogens with zero attached hydrogens (tertiary/aromatic N) is 8. The number of rotatable bonds is 4. The average molecular weight is 421 g/mol. The largest absolute Gasteiger partial charge is 0.356 e. The third-order valence-corrected chi connectivity index (χ3v) is 6.13. The van der Waals surface area contributed by atoms with Gasteiger partial charge in [-0.05, 0) is 32.9 Å². The van der Waals surface area contributed by atoms with Crippen molar-refractivity contribution in [3.05, 3.63) is 42.1 Å². The van der Waals surface area contributed by atoms with Crippen molar-refractivity contribution >= 4 is 11.9 Å². The molecule has 162 valence electrons. The molecule has 0 spiro atoms. The minimum atomic E-state index is 0.243. The molecule has 3 aromatic heterocycles. The van der Waals surface area contributed by atoms with Crippen molar-refractivity contribution in [2.75, 3.05) is 56.1 Å². The van der Waals surface area contributed by atoms with E-state index in [9.17, 15) is 0 Å². The Kier molecular flexibility index (Phi) is 5.50. The molecule has 2 saturated heterocycles. The van der Waals surface area contributed by atoms with E-state index in [0.29, 0.717) is 0 Å². The molecular weight excluding hydrogens is 392 g/mol. The van der Waals surface area contributed by atoms with Crippen LogP contribution in [0.25, 0.3) is 11.3 Å². The lowest BCUT2D eigenvalue weighted by molar-refractivity contribution is 0.311. The number of aryl methyl sites for hydroxylation is 1. The van der Waals surface area contributed by atoms with E-state index in [0.717, 1.165) is 86.7 Å². The van der Waals surface area contributed by atoms with Crippen molar-refractivity contribution in [1.29, 1.82) is 0 Å². The monoisotopic (exact) mass is 420 g/mol. The number of anilines is 2. The first kappa shape index (κ1) is 19.9. The molecule has 2 fully saturated rings. The van der Waals surface area contributed by atoms with E-state index in [2.05, 4.69) is 36.9 Å². The normalized spacial score (nSPS) is 20.3. The second kappa shape index (κ2) is 8.58. The molecule has 2 aliphatic heterocycles. The summed E-state index contributed by atoms with van der Waals surface area (Å²) in [4.78, 5) is 25.6. The minimum absolute atomic E-state index is 0.243. The highest BCUT2D eigenvalue weighted by atomic mass is 16.5. The summed E-state index contributed by atoms with van der Waals surface area (Å²) in [5.41, 5.74) is 2.81. The summed E-state index contributed by atoms with van der Waals surface area (Å²) in [6.45, 7) is 7.61. The maximum Gasteiger partial charge on any atom is 0.225 e. The number of aromatic nitrogens is 5. The van der Waals surface area contributed by atoms with E-state index in [4.69, 9.17) is 14.5 Å². The second-order valence-corrected chi connectivity index (χ2v) is 8.43. The van der Waals surface area contributed by atoms with Gasteiger partial charge in [0, 0.05) is 69.8 Å². The van der Waals surface area contributed by atoms with Crippen molar-refractivity contribution in [2.24, 2.45) is 0 Å². The maximum absolute atomic E-state index is 5.60. The third-order valence-electron chi connectivity index (χ3n) is 6.13. The van der Waals surface area contributed by atoms with Crippen LogP contribution >= 0.6 is 0 Å². The van der Waals surface area contributed by atoms with Gasteiger partial charge in [-0.25, -0.2) is 19.9 Å². The van der Waals surface area contributed by atoms with Gasteiger partial charge in [0.25, 0.3) is 0 Å². The van der Waals surface area contributed by atoms with Crippen LogP contribution in [0.15, 0.2) is 35.2 Å². The van der Waals surface area contributed by atoms with Gasteiger partial charge in [0.15, 0.2) is 5.76 Å². The van der Waals surface area contributed by atoms with Crippen LogP contribution in [0.4, 0.5) is 11.9 Å². The van der Waals surface area contributed by atoms with E-state index in [1.54, 1.807) is 12.4 Å². The topological polar surface area (TPSA) is 87.3 Å². The SMILES string of the molecule is Cc1cc(-c2cnc(N3CCN(C)CC3)nc2C2CCCN(c3ncccn3)C2)on1. The van der Waals surface area contributed by atoms with Gasteiger partial charge >= 0.3 is 0 Å². The molecule has 5 rings (SSSR count). The van der Waals surface area contributed by atoms with Crippen LogP contribution < -0.4 is 9.80 Å². The Labute approximate surface area is 182 Å². The first-order valence-corrected chi connectivity index (χ1v) is 10.9. The molecule has 9 nitrogen and oxygen atoms in total. The maximum atomic E-state index is 5.60. The van der Waals surface area contributed by atoms with Crippen LogP contribution in [-0.4, -0.2) is 76.3 Å². The van der Waals surface area contributed by atoms with Gasteiger partial charge in [0.05, 0.1) is 17.0 Å². The number of hydrogen-bond donors (Lipinski definition) is 0. The highest BCUT2D eigenvalue weighted by Gasteiger charge is 2.29. The predicted octanol–water partition coefficient (Wildman–Crippen LogP) is 2.37. The molecule has 0 N–H and O–H groups in total. The fourth-order valence-corrected chi connectivity index (χ4v) is 4.37. The Morgan fingerprint density at radius 3 is 2.52 bits per heavy atom. The van der Waals surface area contributed by atoms with Crippen molar-refractivity contribution in [1.82, 2.24) is 30.0 Å². The summed E-state index contributed by atoms with van der Waals surface area (Å²) < 4.78 is 5.60. The summed E-state index contributed by atoms with van der Waals surface area (Å²) in [5.74, 6) is 2.55. The first-order valence-electron chi connectivity index (χ1n) is 10.9. The summed E-state index contributed by atoms with van der Waals surface area (Å²) in [6.07, 6.45) is 7.62. The summed E-state index contributed by atoms with van der Waals surface area (Å²) in [7, 11) is 2.15. The quantitative estimate of drug-likeness (QED) is 0.631. The van der Waals surface area contributed by atoms with Gasteiger partial charge in [-0.3, -0.25) is 0 Å². The van der Waals surface area contributed by atoms with Gasteiger partial charge in [0.1, 0.15) is 0 Å². The van der Waals surface area contributed by atoms with Gasteiger partial charge in [0.2, 0.25) is 11.9 Å². The number of piperidine rings is 1. The Balaban J connectivity index is 1.49. The van der Waals surface area contributed by atoms with Crippen LogP contribution in [0.3, 0.4) is 0 Å². The summed E-state index contributed by atoms with van der Waals surface area (Å²) >= 11 is 0. The molecule has 31 heavy (non-hydrogen) atoms. The summed E-state index contributed by atoms with van der Waals surface area (Å²) in [6, 6.07) is 3.81. The molecule has 9 heteroatoms. The standard InChI is InChI=1S/C22H28N8O/c1-16-13-19(31-27-16)18-14-25-22(29-11-9-28(2)10-12-29)26-20(18)17-5-3-8-30(15-17)21-23-6-4-7-24-21/h4,6-7,13-14,17H,3,5,8-12,15H2,1-2H3. The smallest absolute Gasteiger partial charge is 0.225 e. The van der Waals surface area contributed by atoms with Crippen molar-refractivity contribution < 1.29 is 4.52 Å². The zero-order valence-electron chi connectivity index (χ0n) is 18.1. The van der Waals surface area contributed by atoms with Gasteiger partial charge < -0.3 is 19.2 Å². The van der Waals surface area contributed by atoms with Crippen LogP contribution in [-0.2, 0) is 0 Å². The number of piperazine rings is 1. The molecule has 0 saturated carbocycles. The Bertz CT molecular complexity index is 1020. The molecule has 1 atom stereocenters. The molecule has 1 unspecified atom stereocenters. The van der Waals surface area contributed by atoms with Gasteiger partial charge in [-0.1, -0.05) is 5.16 Å². The van der Waals surface area contributed by atoms with Crippen molar-refractivity contribution in [3.63, 3.8) is 0 Å². The number of likely N-dealkylation sites (N-methyl/N-ethyl adjacent to an activating group) is 1. The molecule has 2 aliphatic rings. The molecule has 0 aromatic carbocycles. The van der Waals surface area contributed by atoms with Crippen molar-refractivity contribution in [2.45, 2.75) is 25.7 Å². The van der Waals surface area contributed by atoms with Crippen LogP contribution in [0.1, 0.15) is 30.1 Å². The van der Waals surface area contributed by atoms with Gasteiger partial charge in [-0.15, -0.1) is 0 Å². The lowest BCUT2D eigenvalue weighted by atomic mass is 9.91. The highest BCUT2D eigenvalue weighted by molar-refractivity contribution is 5.62. The van der Waals surface area contributed by atoms with E-state index in [-0.39, 0.29) is 5.92 Å². The van der Waals surface area contributed by atoms with Crippen LogP contribution in [0, 0.1) is 6.92 Å². The zero-order chi connectivity index (χ0) is 21.2. The van der Waals surface area contributed by atoms with E-state index in [1.165, 1.54) is 0 Å². The second-order valence-electron chi connectivity index (χ2n) is 8.43. The molecule has 5 heterocycles. The molecule has 3 aromatic rings. The Morgan fingerprint density at radius 2 is 1.77 bits per heavy atom. The third kappa shape index (κ3) is 4.23. The van der Waals surface area contributed by atoms with Crippen molar-refractivity contribution in [3.8, 4) is 11.3 Å². The lowest BCUT2D eigenvalue weighted by Crippen LogP contribution is -2.45. The van der Waals surface area contributed by atoms with Crippen LogP contribution in [0.2, 0.25) is 0 Å². The van der Waals surface area contributed by atoms with Gasteiger partial charge in [-0.2, -0.15) is 0 Å². The number of hydrogen-bond acceptors (Lipinski definition) is 9. The Hall–Kier alpha value is -3.07. The van der Waals surface area contributed by atoms with E-state index >= 15 is 0 Å². The molecule has 0 bridgehead atoms. The zero-order valence-corrected chi connectivity index (χ0v) is 18.1. The van der Waals surface area contributed by atoms with E-state index < -0.39 is 0 Å². The first-order chi connectivity index (χ1) is 15.2. The lowest BCUT2D eigenvalue weighted by Gasteiger charge is -2.35. The van der Waals surface area contributed by atoms with E-state index in [1.807, 2.05) is 25.3 Å². The highest BCUT2D eigenvalue weighted by Crippen LogP contribution is 2.35. The predicted molar refractivity (Wildman–Crippen MR) is 118 cm³/mol.